The van der Waals surface area contributed by atoms with Gasteiger partial charge in [0.25, 0.3) is 5.56 Å². The third kappa shape index (κ3) is 4.44. The number of alkyl halides is 3. The highest BCUT2D eigenvalue weighted by Crippen LogP contribution is 2.32. The predicted octanol–water partition coefficient (Wildman–Crippen LogP) is 5.19. The summed E-state index contributed by atoms with van der Waals surface area (Å²) in [7, 11) is 0. The van der Waals surface area contributed by atoms with Crippen LogP contribution in [-0.4, -0.2) is 29.8 Å². The number of aromatic nitrogens is 6. The number of halogens is 3. The molecule has 11 heteroatoms. The van der Waals surface area contributed by atoms with E-state index in [-0.39, 0.29) is 17.5 Å². The largest absolute Gasteiger partial charge is 0.416 e. The molecule has 2 heterocycles. The van der Waals surface area contributed by atoms with Gasteiger partial charge in [-0.1, -0.05) is 49.2 Å². The van der Waals surface area contributed by atoms with E-state index in [4.69, 9.17) is 0 Å². The van der Waals surface area contributed by atoms with Gasteiger partial charge in [0.05, 0.1) is 33.9 Å². The molecule has 1 aliphatic rings. The number of hydrogen-bond donors (Lipinski definition) is 0. The maximum absolute atomic E-state index is 13.4. The molecule has 0 aliphatic heterocycles. The third-order valence-corrected chi connectivity index (χ3v) is 6.92. The van der Waals surface area contributed by atoms with E-state index in [2.05, 4.69) is 20.5 Å². The van der Waals surface area contributed by atoms with Crippen LogP contribution >= 0.6 is 11.8 Å². The first-order valence-electron chi connectivity index (χ1n) is 11.0. The van der Waals surface area contributed by atoms with Crippen molar-refractivity contribution in [2.24, 2.45) is 0 Å². The molecular weight excluding hydrogens is 465 g/mol. The second kappa shape index (κ2) is 9.21. The number of hydrogen-bond acceptors (Lipinski definition) is 6. The summed E-state index contributed by atoms with van der Waals surface area (Å²) in [5.74, 6) is 0.537. The van der Waals surface area contributed by atoms with E-state index < -0.39 is 17.3 Å². The minimum absolute atomic E-state index is 0.112. The molecule has 0 amide bonds. The number of thioether (sulfide) groups is 1. The Morgan fingerprint density at radius 3 is 2.62 bits per heavy atom. The maximum Gasteiger partial charge on any atom is 0.416 e. The van der Waals surface area contributed by atoms with Crippen molar-refractivity contribution >= 4 is 22.7 Å². The van der Waals surface area contributed by atoms with Gasteiger partial charge in [-0.3, -0.25) is 9.36 Å². The molecule has 7 nitrogen and oxygen atoms in total. The topological polar surface area (TPSA) is 78.5 Å². The lowest BCUT2D eigenvalue weighted by Gasteiger charge is -2.22. The summed E-state index contributed by atoms with van der Waals surface area (Å²) in [5.41, 5.74) is -0.656. The fraction of sp³-hybridized carbons (Fsp3) is 0.348. The zero-order valence-electron chi connectivity index (χ0n) is 18.1. The summed E-state index contributed by atoms with van der Waals surface area (Å²) >= 11 is 1.32. The van der Waals surface area contributed by atoms with Crippen LogP contribution in [0, 0.1) is 0 Å². The first kappa shape index (κ1) is 22.6. The van der Waals surface area contributed by atoms with Gasteiger partial charge in [0, 0.05) is 0 Å². The Morgan fingerprint density at radius 2 is 1.82 bits per heavy atom. The molecular formula is C23H21F3N6OS. The van der Waals surface area contributed by atoms with Gasteiger partial charge in [-0.25, -0.2) is 9.67 Å². The molecule has 0 spiro atoms. The summed E-state index contributed by atoms with van der Waals surface area (Å²) in [6.45, 7) is 0. The molecule has 34 heavy (non-hydrogen) atoms. The first-order valence-corrected chi connectivity index (χ1v) is 12.0. The van der Waals surface area contributed by atoms with Crippen molar-refractivity contribution in [2.45, 2.75) is 55.2 Å². The molecule has 5 rings (SSSR count). The van der Waals surface area contributed by atoms with Crippen LogP contribution < -0.4 is 5.56 Å². The molecule has 0 unspecified atom stereocenters. The normalized spacial score (nSPS) is 15.1. The molecule has 1 fully saturated rings. The molecule has 0 bridgehead atoms. The van der Waals surface area contributed by atoms with Crippen LogP contribution in [0.15, 0.2) is 58.5 Å². The average molecular weight is 487 g/mol. The molecule has 4 aromatic rings. The van der Waals surface area contributed by atoms with Crippen molar-refractivity contribution in [1.29, 1.82) is 0 Å². The van der Waals surface area contributed by atoms with Gasteiger partial charge in [0.2, 0.25) is 5.16 Å². The highest BCUT2D eigenvalue weighted by atomic mass is 32.2. The van der Waals surface area contributed by atoms with Gasteiger partial charge in [0.1, 0.15) is 5.82 Å². The Bertz CT molecular complexity index is 1380. The van der Waals surface area contributed by atoms with Crippen LogP contribution in [-0.2, 0) is 11.9 Å². The van der Waals surface area contributed by atoms with E-state index in [0.717, 1.165) is 37.8 Å². The lowest BCUT2D eigenvalue weighted by atomic mass is 9.96. The Kier molecular flexibility index (Phi) is 6.11. The third-order valence-electron chi connectivity index (χ3n) is 5.99. The van der Waals surface area contributed by atoms with E-state index in [0.29, 0.717) is 21.9 Å². The van der Waals surface area contributed by atoms with Crippen molar-refractivity contribution < 1.29 is 13.2 Å². The van der Waals surface area contributed by atoms with Gasteiger partial charge in [-0.15, -0.1) is 5.10 Å². The molecule has 0 saturated heterocycles. The van der Waals surface area contributed by atoms with Gasteiger partial charge in [-0.05, 0) is 53.6 Å². The molecule has 176 valence electrons. The van der Waals surface area contributed by atoms with E-state index in [1.807, 2.05) is 4.68 Å². The Morgan fingerprint density at radius 1 is 1.03 bits per heavy atom. The lowest BCUT2D eigenvalue weighted by Crippen LogP contribution is -2.24. The molecule has 2 aromatic heterocycles. The molecule has 1 aliphatic carbocycles. The highest BCUT2D eigenvalue weighted by Gasteiger charge is 2.31. The van der Waals surface area contributed by atoms with E-state index >= 15 is 0 Å². The molecule has 1 saturated carbocycles. The second-order valence-electron chi connectivity index (χ2n) is 8.22. The van der Waals surface area contributed by atoms with Crippen LogP contribution in [0.3, 0.4) is 0 Å². The van der Waals surface area contributed by atoms with Crippen LogP contribution in [0.5, 0.6) is 0 Å². The zero-order valence-corrected chi connectivity index (χ0v) is 18.9. The quantitative estimate of drug-likeness (QED) is 0.362. The number of fused-ring (bicyclic) bond motifs is 1. The lowest BCUT2D eigenvalue weighted by molar-refractivity contribution is -0.137. The fourth-order valence-corrected chi connectivity index (χ4v) is 5.19. The summed E-state index contributed by atoms with van der Waals surface area (Å²) in [4.78, 5) is 18.0. The molecule has 0 N–H and O–H groups in total. The molecule has 0 radical (unpaired) electrons. The van der Waals surface area contributed by atoms with Crippen molar-refractivity contribution in [3.8, 4) is 5.69 Å². The van der Waals surface area contributed by atoms with Crippen LogP contribution in [0.25, 0.3) is 16.6 Å². The van der Waals surface area contributed by atoms with Crippen molar-refractivity contribution in [3.63, 3.8) is 0 Å². The number of para-hydroxylation sites is 1. The SMILES string of the molecule is O=c1c2ccccc2nc(CSc2nnnn2C2CCCCC2)n1-c1cccc(C(F)(F)F)c1. The summed E-state index contributed by atoms with van der Waals surface area (Å²) in [5, 5.41) is 13.1. The molecule has 0 atom stereocenters. The van der Waals surface area contributed by atoms with Crippen molar-refractivity contribution in [3.05, 3.63) is 70.3 Å². The Labute approximate surface area is 197 Å². The van der Waals surface area contributed by atoms with E-state index in [1.54, 1.807) is 24.3 Å². The van der Waals surface area contributed by atoms with Gasteiger partial charge in [-0.2, -0.15) is 13.2 Å². The predicted molar refractivity (Wildman–Crippen MR) is 122 cm³/mol. The standard InChI is InChI=1S/C23H21F3N6OS/c24-23(25,26)15-7-6-10-17(13-15)31-20(27-19-12-5-4-11-18(19)21(31)33)14-34-22-28-29-30-32(22)16-8-2-1-3-9-16/h4-7,10-13,16H,1-3,8-9,14H2. The monoisotopic (exact) mass is 486 g/mol. The Balaban J connectivity index is 1.55. The van der Waals surface area contributed by atoms with Crippen LogP contribution in [0.4, 0.5) is 13.2 Å². The van der Waals surface area contributed by atoms with Gasteiger partial charge >= 0.3 is 6.18 Å². The summed E-state index contributed by atoms with van der Waals surface area (Å²) < 4.78 is 43.1. The second-order valence-corrected chi connectivity index (χ2v) is 9.16. The van der Waals surface area contributed by atoms with Crippen LogP contribution in [0.2, 0.25) is 0 Å². The van der Waals surface area contributed by atoms with Crippen molar-refractivity contribution in [1.82, 2.24) is 29.8 Å². The van der Waals surface area contributed by atoms with E-state index in [9.17, 15) is 18.0 Å². The van der Waals surface area contributed by atoms with E-state index in [1.165, 1.54) is 34.9 Å². The zero-order chi connectivity index (χ0) is 23.7. The average Bonchev–Trinajstić information content (AvgIpc) is 3.32. The van der Waals surface area contributed by atoms with Gasteiger partial charge in [0.15, 0.2) is 0 Å². The minimum Gasteiger partial charge on any atom is -0.268 e. The van der Waals surface area contributed by atoms with Crippen molar-refractivity contribution in [2.75, 3.05) is 0 Å². The number of nitrogens with zero attached hydrogens (tertiary/aromatic N) is 6. The molecule has 2 aromatic carbocycles. The smallest absolute Gasteiger partial charge is 0.268 e. The Hall–Kier alpha value is -3.21. The fourth-order valence-electron chi connectivity index (χ4n) is 4.33. The highest BCUT2D eigenvalue weighted by molar-refractivity contribution is 7.98. The number of rotatable bonds is 5. The summed E-state index contributed by atoms with van der Waals surface area (Å²) in [6, 6.07) is 11.8. The maximum atomic E-state index is 13.4. The van der Waals surface area contributed by atoms with Gasteiger partial charge < -0.3 is 0 Å². The van der Waals surface area contributed by atoms with Crippen LogP contribution in [0.1, 0.15) is 49.5 Å². The number of tetrazole rings is 1. The minimum atomic E-state index is -4.53. The first-order chi connectivity index (χ1) is 16.4. The summed E-state index contributed by atoms with van der Waals surface area (Å²) in [6.07, 6.45) is 0.918. The number of benzene rings is 2.